The average Bonchev–Trinajstić information content (AvgIpc) is 2.70. The van der Waals surface area contributed by atoms with E-state index in [0.717, 1.165) is 12.8 Å². The number of nitriles is 1. The van der Waals surface area contributed by atoms with Crippen molar-refractivity contribution >= 4 is 0 Å². The van der Waals surface area contributed by atoms with E-state index >= 15 is 0 Å². The maximum atomic E-state index is 9.09. The molecule has 0 aromatic rings. The number of aliphatic hydroxyl groups excluding tert-OH is 1. The summed E-state index contributed by atoms with van der Waals surface area (Å²) in [5.41, 5.74) is 4.99. The Kier molecular flexibility index (Phi) is 1.93. The molecule has 0 unspecified atom stereocenters. The minimum atomic E-state index is -0.484. The molecule has 1 aliphatic carbocycles. The van der Waals surface area contributed by atoms with E-state index in [1.54, 1.807) is 0 Å². The van der Waals surface area contributed by atoms with Crippen LogP contribution in [0.1, 0.15) is 19.3 Å². The van der Waals surface area contributed by atoms with Crippen molar-refractivity contribution in [2.45, 2.75) is 25.4 Å². The van der Waals surface area contributed by atoms with E-state index < -0.39 is 6.10 Å². The quantitative estimate of drug-likeness (QED) is 0.579. The lowest BCUT2D eigenvalue weighted by Crippen LogP contribution is -2.22. The Hall–Kier alpha value is -0.590. The summed E-state index contributed by atoms with van der Waals surface area (Å²) >= 11 is 0. The van der Waals surface area contributed by atoms with Gasteiger partial charge in [0.2, 0.25) is 0 Å². The van der Waals surface area contributed by atoms with Gasteiger partial charge in [-0.15, -0.1) is 0 Å². The predicted molar refractivity (Wildman–Crippen MR) is 37.0 cm³/mol. The second-order valence-electron chi connectivity index (χ2n) is 2.99. The Bertz CT molecular complexity index is 157. The Balaban J connectivity index is 2.32. The lowest BCUT2D eigenvalue weighted by Gasteiger charge is -2.09. The van der Waals surface area contributed by atoms with Crippen LogP contribution in [0.2, 0.25) is 0 Å². The Morgan fingerprint density at radius 2 is 2.30 bits per heavy atom. The summed E-state index contributed by atoms with van der Waals surface area (Å²) in [6.45, 7) is 0.267. The van der Waals surface area contributed by atoms with E-state index in [0.29, 0.717) is 6.42 Å². The van der Waals surface area contributed by atoms with Crippen molar-refractivity contribution < 1.29 is 5.11 Å². The highest BCUT2D eigenvalue weighted by Gasteiger charge is 2.44. The van der Waals surface area contributed by atoms with E-state index in [9.17, 15) is 0 Å². The lowest BCUT2D eigenvalue weighted by atomic mass is 10.0. The molecule has 3 heteroatoms. The van der Waals surface area contributed by atoms with Crippen LogP contribution in [-0.4, -0.2) is 17.8 Å². The van der Waals surface area contributed by atoms with E-state index in [1.807, 2.05) is 0 Å². The number of rotatable bonds is 3. The molecule has 1 fully saturated rings. The predicted octanol–water partition coefficient (Wildman–Crippen LogP) is -0.000120. The topological polar surface area (TPSA) is 70.0 Å². The van der Waals surface area contributed by atoms with Crippen molar-refractivity contribution in [3.8, 4) is 6.07 Å². The van der Waals surface area contributed by atoms with Gasteiger partial charge in [0.05, 0.1) is 17.6 Å². The van der Waals surface area contributed by atoms with Crippen molar-refractivity contribution in [1.82, 2.24) is 0 Å². The smallest absolute Gasteiger partial charge is 0.0690 e. The molecule has 0 saturated heterocycles. The summed E-state index contributed by atoms with van der Waals surface area (Å²) in [6.07, 6.45) is 1.93. The zero-order valence-corrected chi connectivity index (χ0v) is 5.88. The number of hydrogen-bond acceptors (Lipinski definition) is 3. The Morgan fingerprint density at radius 3 is 2.60 bits per heavy atom. The number of nitrogens with zero attached hydrogens (tertiary/aromatic N) is 1. The van der Waals surface area contributed by atoms with E-state index in [4.69, 9.17) is 16.1 Å². The first kappa shape index (κ1) is 7.52. The largest absolute Gasteiger partial charge is 0.392 e. The van der Waals surface area contributed by atoms with E-state index in [1.165, 1.54) is 0 Å². The minimum Gasteiger partial charge on any atom is -0.392 e. The fraction of sp³-hybridized carbons (Fsp3) is 0.857. The van der Waals surface area contributed by atoms with Crippen molar-refractivity contribution in [3.63, 3.8) is 0 Å². The maximum Gasteiger partial charge on any atom is 0.0690 e. The van der Waals surface area contributed by atoms with Crippen molar-refractivity contribution in [2.24, 2.45) is 11.1 Å². The highest BCUT2D eigenvalue weighted by molar-refractivity contribution is 5.10. The molecule has 3 N–H and O–H groups in total. The third-order valence-corrected chi connectivity index (χ3v) is 1.99. The van der Waals surface area contributed by atoms with Gasteiger partial charge >= 0.3 is 0 Å². The Morgan fingerprint density at radius 1 is 1.70 bits per heavy atom. The summed E-state index contributed by atoms with van der Waals surface area (Å²) in [5.74, 6) is 0. The van der Waals surface area contributed by atoms with Gasteiger partial charge in [0.25, 0.3) is 0 Å². The molecular weight excluding hydrogens is 128 g/mol. The number of nitrogens with two attached hydrogens (primary N) is 1. The monoisotopic (exact) mass is 140 g/mol. The molecule has 3 nitrogen and oxygen atoms in total. The van der Waals surface area contributed by atoms with Crippen LogP contribution in [0, 0.1) is 16.7 Å². The molecule has 1 saturated carbocycles. The van der Waals surface area contributed by atoms with Gasteiger partial charge in [0.15, 0.2) is 0 Å². The van der Waals surface area contributed by atoms with Crippen molar-refractivity contribution in [3.05, 3.63) is 0 Å². The third-order valence-electron chi connectivity index (χ3n) is 1.99. The molecule has 0 aromatic carbocycles. The van der Waals surface area contributed by atoms with Crippen molar-refractivity contribution in [1.29, 1.82) is 5.26 Å². The Labute approximate surface area is 60.4 Å². The van der Waals surface area contributed by atoms with Crippen LogP contribution < -0.4 is 5.73 Å². The number of hydrogen-bond donors (Lipinski definition) is 2. The standard InChI is InChI=1S/C7H12N2O/c8-4-6(10)3-7(5-9)1-2-7/h6,10H,1-4,8H2/t6-/m1/s1. The number of aliphatic hydroxyl groups is 1. The van der Waals surface area contributed by atoms with Gasteiger partial charge in [-0.05, 0) is 19.3 Å². The van der Waals surface area contributed by atoms with Gasteiger partial charge in [0, 0.05) is 6.54 Å². The van der Waals surface area contributed by atoms with Crippen LogP contribution in [0.3, 0.4) is 0 Å². The fourth-order valence-corrected chi connectivity index (χ4v) is 1.05. The fourth-order valence-electron chi connectivity index (χ4n) is 1.05. The van der Waals surface area contributed by atoms with Crippen LogP contribution in [0.4, 0.5) is 0 Å². The highest BCUT2D eigenvalue weighted by Crippen LogP contribution is 2.48. The first-order valence-corrected chi connectivity index (χ1v) is 3.52. The molecule has 0 aromatic heterocycles. The first-order valence-electron chi connectivity index (χ1n) is 3.52. The molecule has 0 aliphatic heterocycles. The van der Waals surface area contributed by atoms with E-state index in [-0.39, 0.29) is 12.0 Å². The van der Waals surface area contributed by atoms with Crippen molar-refractivity contribution in [2.75, 3.05) is 6.54 Å². The maximum absolute atomic E-state index is 9.09. The highest BCUT2D eigenvalue weighted by atomic mass is 16.3. The lowest BCUT2D eigenvalue weighted by molar-refractivity contribution is 0.155. The molecular formula is C7H12N2O. The summed E-state index contributed by atoms with van der Waals surface area (Å²) in [7, 11) is 0. The van der Waals surface area contributed by atoms with Crippen LogP contribution in [-0.2, 0) is 0 Å². The minimum absolute atomic E-state index is 0.210. The van der Waals surface area contributed by atoms with Crippen LogP contribution in [0.15, 0.2) is 0 Å². The summed E-state index contributed by atoms with van der Waals surface area (Å²) < 4.78 is 0. The molecule has 0 bridgehead atoms. The first-order chi connectivity index (χ1) is 4.72. The summed E-state index contributed by atoms with van der Waals surface area (Å²) in [4.78, 5) is 0. The van der Waals surface area contributed by atoms with Crippen LogP contribution in [0.5, 0.6) is 0 Å². The SMILES string of the molecule is N#CC1(C[C@@H](O)CN)CC1. The molecule has 1 rings (SSSR count). The average molecular weight is 140 g/mol. The van der Waals surface area contributed by atoms with Gasteiger partial charge < -0.3 is 10.8 Å². The van der Waals surface area contributed by atoms with Gasteiger partial charge in [-0.3, -0.25) is 0 Å². The normalized spacial score (nSPS) is 23.3. The summed E-state index contributed by atoms with van der Waals surface area (Å²) in [6, 6.07) is 2.20. The third kappa shape index (κ3) is 1.47. The van der Waals surface area contributed by atoms with Gasteiger partial charge in [-0.2, -0.15) is 5.26 Å². The second kappa shape index (κ2) is 2.57. The molecule has 56 valence electrons. The molecule has 1 atom stereocenters. The molecule has 10 heavy (non-hydrogen) atoms. The van der Waals surface area contributed by atoms with Gasteiger partial charge in [-0.1, -0.05) is 0 Å². The zero-order chi connectivity index (χ0) is 7.61. The zero-order valence-electron chi connectivity index (χ0n) is 5.88. The van der Waals surface area contributed by atoms with E-state index in [2.05, 4.69) is 6.07 Å². The van der Waals surface area contributed by atoms with Crippen LogP contribution in [0.25, 0.3) is 0 Å². The summed E-state index contributed by atoms with van der Waals surface area (Å²) in [5, 5.41) is 17.7. The second-order valence-corrected chi connectivity index (χ2v) is 2.99. The van der Waals surface area contributed by atoms with Crippen LogP contribution >= 0.6 is 0 Å². The molecule has 0 radical (unpaired) electrons. The van der Waals surface area contributed by atoms with Gasteiger partial charge in [-0.25, -0.2) is 0 Å². The molecule has 0 spiro atoms. The molecule has 1 aliphatic rings. The molecule has 0 heterocycles. The molecule has 0 amide bonds. The van der Waals surface area contributed by atoms with Gasteiger partial charge in [0.1, 0.15) is 0 Å².